The van der Waals surface area contributed by atoms with Crippen molar-refractivity contribution in [2.24, 2.45) is 0 Å². The van der Waals surface area contributed by atoms with Crippen LogP contribution in [0.15, 0.2) is 18.2 Å². The maximum Gasteiger partial charge on any atom is 1.00 e. The van der Waals surface area contributed by atoms with Gasteiger partial charge in [-0.15, -0.1) is 0 Å². The predicted octanol–water partition coefficient (Wildman–Crippen LogP) is 0.326. The van der Waals surface area contributed by atoms with E-state index in [-0.39, 0.29) is 22.4 Å². The van der Waals surface area contributed by atoms with Gasteiger partial charge in [-0.25, -0.2) is 8.78 Å². The van der Waals surface area contributed by atoms with Gasteiger partial charge < -0.3 is 9.90 Å². The minimum atomic E-state index is -1.65. The smallest absolute Gasteiger partial charge is 0.545 e. The molecule has 0 radical (unpaired) electrons. The molecule has 0 atom stereocenters. The van der Waals surface area contributed by atoms with E-state index in [1.165, 1.54) is 0 Å². The van der Waals surface area contributed by atoms with E-state index >= 15 is 0 Å². The maximum absolute atomic E-state index is 12.4. The second-order valence-electron chi connectivity index (χ2n) is 1.91. The normalized spacial score (nSPS) is 8.83. The van der Waals surface area contributed by atoms with Crippen molar-refractivity contribution in [3.8, 4) is 0 Å². The fourth-order valence-electron chi connectivity index (χ4n) is 0.655. The van der Waals surface area contributed by atoms with Crippen molar-refractivity contribution in [3.05, 3.63) is 35.4 Å². The van der Waals surface area contributed by atoms with E-state index < -0.39 is 23.2 Å². The van der Waals surface area contributed by atoms with Gasteiger partial charge in [-0.3, -0.25) is 0 Å². The zero-order valence-electron chi connectivity index (χ0n) is 5.61. The quantitative estimate of drug-likeness (QED) is 0.686. The van der Waals surface area contributed by atoms with Gasteiger partial charge in [-0.2, -0.15) is 0 Å². The Bertz CT molecular complexity index is 301. The second kappa shape index (κ2) is 4.35. The Labute approximate surface area is 82.7 Å². The number of carbonyl (C=O) groups is 1. The standard InChI is InChI=1S/C7H4F2O2.Ag/c8-4-1-2-5(7(10)11)6(9)3-4;/h1-3H,(H,10,11);/q;+1/p-1. The van der Waals surface area contributed by atoms with Gasteiger partial charge in [0.15, 0.2) is 0 Å². The van der Waals surface area contributed by atoms with Crippen molar-refractivity contribution < 1.29 is 41.1 Å². The Morgan fingerprint density at radius 2 is 1.92 bits per heavy atom. The van der Waals surface area contributed by atoms with E-state index in [4.69, 9.17) is 0 Å². The third-order valence-electron chi connectivity index (χ3n) is 1.15. The molecule has 1 rings (SSSR count). The number of benzene rings is 1. The van der Waals surface area contributed by atoms with Gasteiger partial charge in [0.25, 0.3) is 0 Å². The van der Waals surface area contributed by atoms with Crippen LogP contribution in [0.25, 0.3) is 0 Å². The monoisotopic (exact) mass is 264 g/mol. The summed E-state index contributed by atoms with van der Waals surface area (Å²) in [4.78, 5) is 10.1. The van der Waals surface area contributed by atoms with Crippen molar-refractivity contribution in [2.75, 3.05) is 0 Å². The molecule has 0 N–H and O–H groups in total. The fourth-order valence-corrected chi connectivity index (χ4v) is 0.655. The van der Waals surface area contributed by atoms with Gasteiger partial charge in [0.1, 0.15) is 11.6 Å². The molecule has 0 bridgehead atoms. The van der Waals surface area contributed by atoms with Gasteiger partial charge in [0.05, 0.1) is 5.97 Å². The third-order valence-corrected chi connectivity index (χ3v) is 1.15. The van der Waals surface area contributed by atoms with Crippen molar-refractivity contribution in [1.82, 2.24) is 0 Å². The van der Waals surface area contributed by atoms with E-state index in [1.54, 1.807) is 0 Å². The van der Waals surface area contributed by atoms with Crippen molar-refractivity contribution >= 4 is 5.97 Å². The minimum Gasteiger partial charge on any atom is -0.545 e. The molecule has 5 heteroatoms. The summed E-state index contributed by atoms with van der Waals surface area (Å²) in [6.07, 6.45) is 0. The molecule has 0 amide bonds. The fraction of sp³-hybridized carbons (Fsp3) is 0. The van der Waals surface area contributed by atoms with Gasteiger partial charge in [-0.05, 0) is 12.1 Å². The van der Waals surface area contributed by atoms with Crippen molar-refractivity contribution in [3.63, 3.8) is 0 Å². The topological polar surface area (TPSA) is 40.1 Å². The number of halogens is 2. The van der Waals surface area contributed by atoms with Gasteiger partial charge in [-0.1, -0.05) is 0 Å². The molecule has 0 unspecified atom stereocenters. The van der Waals surface area contributed by atoms with E-state index in [0.717, 1.165) is 12.1 Å². The summed E-state index contributed by atoms with van der Waals surface area (Å²) in [5.41, 5.74) is -0.633. The Balaban J connectivity index is 0.00000121. The van der Waals surface area contributed by atoms with Crippen molar-refractivity contribution in [1.29, 1.82) is 0 Å². The van der Waals surface area contributed by atoms with Crippen LogP contribution < -0.4 is 5.11 Å². The molecule has 12 heavy (non-hydrogen) atoms. The second-order valence-corrected chi connectivity index (χ2v) is 1.91. The summed E-state index contributed by atoms with van der Waals surface area (Å²) in [5, 5.41) is 10.1. The Kier molecular flexibility index (Phi) is 4.09. The summed E-state index contributed by atoms with van der Waals surface area (Å²) in [6.45, 7) is 0. The molecule has 0 heterocycles. The Morgan fingerprint density at radius 1 is 1.33 bits per heavy atom. The van der Waals surface area contributed by atoms with Crippen LogP contribution >= 0.6 is 0 Å². The Morgan fingerprint density at radius 3 is 2.33 bits per heavy atom. The summed E-state index contributed by atoms with van der Waals surface area (Å²) < 4.78 is 24.6. The van der Waals surface area contributed by atoms with Crippen molar-refractivity contribution in [2.45, 2.75) is 0 Å². The summed E-state index contributed by atoms with van der Waals surface area (Å²) in [7, 11) is 0. The summed E-state index contributed by atoms with van der Waals surface area (Å²) >= 11 is 0. The zero-order valence-corrected chi connectivity index (χ0v) is 7.09. The van der Waals surface area contributed by atoms with E-state index in [1.807, 2.05) is 0 Å². The molecule has 0 aliphatic rings. The van der Waals surface area contributed by atoms with Crippen LogP contribution in [0, 0.1) is 11.6 Å². The first-order chi connectivity index (χ1) is 5.11. The Hall–Kier alpha value is -0.710. The maximum atomic E-state index is 12.4. The number of rotatable bonds is 1. The van der Waals surface area contributed by atoms with Crippen LogP contribution in [-0.4, -0.2) is 5.97 Å². The molecule has 0 aromatic heterocycles. The molecule has 0 aliphatic carbocycles. The molecule has 1 aromatic rings. The van der Waals surface area contributed by atoms with E-state index in [0.29, 0.717) is 6.07 Å². The van der Waals surface area contributed by atoms with Gasteiger partial charge in [0.2, 0.25) is 0 Å². The molecule has 1 aromatic carbocycles. The number of hydrogen-bond acceptors (Lipinski definition) is 2. The zero-order chi connectivity index (χ0) is 8.43. The van der Waals surface area contributed by atoms with E-state index in [9.17, 15) is 18.7 Å². The van der Waals surface area contributed by atoms with Crippen LogP contribution in [0.4, 0.5) is 8.78 Å². The molecule has 0 fully saturated rings. The van der Waals surface area contributed by atoms with Gasteiger partial charge in [0, 0.05) is 11.6 Å². The molecule has 68 valence electrons. The summed E-state index contributed by atoms with van der Waals surface area (Å²) in [6, 6.07) is 2.17. The number of hydrogen-bond donors (Lipinski definition) is 0. The molecule has 0 saturated heterocycles. The first-order valence-electron chi connectivity index (χ1n) is 2.77. The molecule has 0 saturated carbocycles. The summed E-state index contributed by atoms with van der Waals surface area (Å²) in [5.74, 6) is -3.58. The molecule has 0 spiro atoms. The predicted molar refractivity (Wildman–Crippen MR) is 30.7 cm³/mol. The SMILES string of the molecule is O=C([O-])c1ccc(F)cc1F.[Ag+]. The first-order valence-corrected chi connectivity index (χ1v) is 2.77. The van der Waals surface area contributed by atoms with Crippen LogP contribution in [-0.2, 0) is 22.4 Å². The molecular weight excluding hydrogens is 262 g/mol. The van der Waals surface area contributed by atoms with Crippen LogP contribution in [0.1, 0.15) is 10.4 Å². The largest absolute Gasteiger partial charge is 1.00 e. The number of carbonyl (C=O) groups excluding carboxylic acids is 1. The first kappa shape index (κ1) is 11.3. The average Bonchev–Trinajstić information content (AvgIpc) is 1.85. The van der Waals surface area contributed by atoms with Crippen LogP contribution in [0.3, 0.4) is 0 Å². The minimum absolute atomic E-state index is 0. The number of carboxylic acids is 1. The van der Waals surface area contributed by atoms with Crippen LogP contribution in [0.5, 0.6) is 0 Å². The molecule has 2 nitrogen and oxygen atoms in total. The third kappa shape index (κ3) is 2.41. The van der Waals surface area contributed by atoms with E-state index in [2.05, 4.69) is 0 Å². The van der Waals surface area contributed by atoms with Gasteiger partial charge >= 0.3 is 22.4 Å². The molecule has 0 aliphatic heterocycles. The van der Waals surface area contributed by atoms with Crippen LogP contribution in [0.2, 0.25) is 0 Å². The molecular formula is C7H3AgF2O2. The number of carboxylic acid groups (broad SMARTS) is 1. The average molecular weight is 265 g/mol. The number of aromatic carboxylic acids is 1.